The van der Waals surface area contributed by atoms with Gasteiger partial charge in [-0.05, 0) is 28.1 Å². The zero-order valence-corrected chi connectivity index (χ0v) is 8.02. The minimum Gasteiger partial charge on any atom is -0.505 e. The lowest BCUT2D eigenvalue weighted by atomic mass is 10.4. The normalized spacial score (nSPS) is 9.55. The van der Waals surface area contributed by atoms with E-state index in [1.165, 1.54) is 12.3 Å². The van der Waals surface area contributed by atoms with Crippen molar-refractivity contribution in [2.45, 2.75) is 0 Å². The van der Waals surface area contributed by atoms with Gasteiger partial charge in [0.25, 0.3) is 0 Å². The molecule has 58 valence electrons. The molecule has 0 aromatic carbocycles. The highest BCUT2D eigenvalue weighted by Crippen LogP contribution is 2.18. The average Bonchev–Trinajstić information content (AvgIpc) is 1.99. The number of hydrogen-bond donors (Lipinski definition) is 1. The molecular weight excluding hydrogens is 226 g/mol. The number of nitrogens with zero attached hydrogens (tertiary/aromatic N) is 1. The molecule has 0 aliphatic rings. The Morgan fingerprint density at radius 1 is 1.64 bits per heavy atom. The molecule has 11 heavy (non-hydrogen) atoms. The van der Waals surface area contributed by atoms with Gasteiger partial charge in [-0.25, -0.2) is 0 Å². The lowest BCUT2D eigenvalue weighted by Gasteiger charge is -2.03. The summed E-state index contributed by atoms with van der Waals surface area (Å²) in [6.07, 6.45) is 1.53. The first kappa shape index (κ1) is 8.49. The lowest BCUT2D eigenvalue weighted by molar-refractivity contribution is 0.468. The lowest BCUT2D eigenvalue weighted by Crippen LogP contribution is -1.91. The first-order valence-electron chi connectivity index (χ1n) is 2.89. The van der Waals surface area contributed by atoms with E-state index >= 15 is 0 Å². The predicted molar refractivity (Wildman–Crippen MR) is 51.0 cm³/mol. The van der Waals surface area contributed by atoms with Gasteiger partial charge >= 0.3 is 0 Å². The quantitative estimate of drug-likeness (QED) is 0.594. The molecule has 0 fully saturated rings. The van der Waals surface area contributed by atoms with Crippen molar-refractivity contribution in [1.82, 2.24) is 4.57 Å². The van der Waals surface area contributed by atoms with Gasteiger partial charge in [-0.3, -0.25) is 4.57 Å². The third-order valence-corrected chi connectivity index (χ3v) is 2.28. The van der Waals surface area contributed by atoms with Crippen LogP contribution in [0.25, 0.3) is 6.20 Å². The molecule has 1 aromatic heterocycles. The van der Waals surface area contributed by atoms with Crippen molar-refractivity contribution >= 4 is 34.3 Å². The van der Waals surface area contributed by atoms with Crippen molar-refractivity contribution in [2.24, 2.45) is 0 Å². The van der Waals surface area contributed by atoms with Crippen molar-refractivity contribution in [2.75, 3.05) is 0 Å². The van der Waals surface area contributed by atoms with Crippen LogP contribution in [0.3, 0.4) is 0 Å². The second-order valence-corrected chi connectivity index (χ2v) is 3.10. The Labute approximate surface area is 77.9 Å². The van der Waals surface area contributed by atoms with Gasteiger partial charge in [-0.1, -0.05) is 18.8 Å². The van der Waals surface area contributed by atoms with E-state index < -0.39 is 0 Å². The van der Waals surface area contributed by atoms with Crippen LogP contribution in [0.15, 0.2) is 23.3 Å². The number of aromatic nitrogens is 1. The first-order chi connectivity index (χ1) is 5.16. The molecule has 0 radical (unpaired) electrons. The van der Waals surface area contributed by atoms with Crippen LogP contribution >= 0.6 is 28.1 Å². The highest BCUT2D eigenvalue weighted by atomic mass is 79.9. The van der Waals surface area contributed by atoms with E-state index in [-0.39, 0.29) is 5.75 Å². The minimum absolute atomic E-state index is 0.0862. The van der Waals surface area contributed by atoms with Gasteiger partial charge in [-0.2, -0.15) is 0 Å². The van der Waals surface area contributed by atoms with E-state index in [1.54, 1.807) is 10.6 Å². The Morgan fingerprint density at radius 2 is 2.27 bits per heavy atom. The van der Waals surface area contributed by atoms with Crippen molar-refractivity contribution in [3.05, 3.63) is 28.0 Å². The fourth-order valence-electron chi connectivity index (χ4n) is 0.690. The highest BCUT2D eigenvalue weighted by molar-refractivity contribution is 9.10. The summed E-state index contributed by atoms with van der Waals surface area (Å²) in [6.45, 7) is 3.55. The number of aromatic hydroxyl groups is 1. The number of halogens is 1. The van der Waals surface area contributed by atoms with Crippen LogP contribution in [0, 0.1) is 4.64 Å². The van der Waals surface area contributed by atoms with Crippen LogP contribution in [0.5, 0.6) is 5.75 Å². The molecule has 1 aromatic rings. The van der Waals surface area contributed by atoms with Gasteiger partial charge in [0.15, 0.2) is 10.4 Å². The molecule has 0 aliphatic heterocycles. The van der Waals surface area contributed by atoms with E-state index in [9.17, 15) is 0 Å². The molecule has 4 heteroatoms. The molecule has 0 spiro atoms. The van der Waals surface area contributed by atoms with E-state index in [0.29, 0.717) is 4.64 Å². The zero-order chi connectivity index (χ0) is 8.43. The van der Waals surface area contributed by atoms with Crippen LogP contribution in [-0.4, -0.2) is 9.67 Å². The van der Waals surface area contributed by atoms with Crippen LogP contribution < -0.4 is 0 Å². The average molecular weight is 232 g/mol. The fourth-order valence-corrected chi connectivity index (χ4v) is 1.50. The molecule has 0 saturated heterocycles. The van der Waals surface area contributed by atoms with Crippen LogP contribution in [0.4, 0.5) is 0 Å². The van der Waals surface area contributed by atoms with Crippen molar-refractivity contribution in [3.63, 3.8) is 0 Å². The standard InChI is InChI=1S/C7H6BrNOS/c1-2-9-6(8)4-3-5(10)7(9)11/h2-4,10H,1H2. The molecule has 0 aliphatic carbocycles. The zero-order valence-electron chi connectivity index (χ0n) is 5.62. The van der Waals surface area contributed by atoms with E-state index in [2.05, 4.69) is 22.5 Å². The molecule has 0 bridgehead atoms. The molecule has 1 N–H and O–H groups in total. The maximum absolute atomic E-state index is 9.16. The molecular formula is C7H6BrNOS. The Kier molecular flexibility index (Phi) is 2.46. The summed E-state index contributed by atoms with van der Waals surface area (Å²) in [5.41, 5.74) is 0. The predicted octanol–water partition coefficient (Wildman–Crippen LogP) is 2.79. The van der Waals surface area contributed by atoms with Gasteiger partial charge in [0.2, 0.25) is 0 Å². The molecule has 0 saturated carbocycles. The second-order valence-electron chi connectivity index (χ2n) is 1.90. The molecule has 1 heterocycles. The van der Waals surface area contributed by atoms with E-state index in [0.717, 1.165) is 4.60 Å². The summed E-state index contributed by atoms with van der Waals surface area (Å²) in [7, 11) is 0. The largest absolute Gasteiger partial charge is 0.505 e. The van der Waals surface area contributed by atoms with Crippen molar-refractivity contribution < 1.29 is 5.11 Å². The van der Waals surface area contributed by atoms with E-state index in [4.69, 9.17) is 17.3 Å². The monoisotopic (exact) mass is 231 g/mol. The summed E-state index contributed by atoms with van der Waals surface area (Å²) in [5.74, 6) is 0.0862. The maximum Gasteiger partial charge on any atom is 0.153 e. The van der Waals surface area contributed by atoms with E-state index in [1.807, 2.05) is 0 Å². The maximum atomic E-state index is 9.16. The van der Waals surface area contributed by atoms with Crippen molar-refractivity contribution in [3.8, 4) is 5.75 Å². The third-order valence-electron chi connectivity index (χ3n) is 1.23. The summed E-state index contributed by atoms with van der Waals surface area (Å²) >= 11 is 8.15. The molecule has 0 atom stereocenters. The smallest absolute Gasteiger partial charge is 0.153 e. The number of hydrogen-bond acceptors (Lipinski definition) is 2. The van der Waals surface area contributed by atoms with Crippen LogP contribution in [-0.2, 0) is 0 Å². The van der Waals surface area contributed by atoms with Gasteiger partial charge in [0.1, 0.15) is 0 Å². The summed E-state index contributed by atoms with van der Waals surface area (Å²) < 4.78 is 2.70. The fraction of sp³-hybridized carbons (Fsp3) is 0. The summed E-state index contributed by atoms with van der Waals surface area (Å²) in [6, 6.07) is 3.24. The second kappa shape index (κ2) is 3.19. The minimum atomic E-state index is 0.0862. The van der Waals surface area contributed by atoms with Crippen molar-refractivity contribution in [1.29, 1.82) is 0 Å². The molecule has 0 unspecified atom stereocenters. The Bertz CT molecular complexity index is 345. The first-order valence-corrected chi connectivity index (χ1v) is 4.09. The topological polar surface area (TPSA) is 25.2 Å². The molecule has 1 rings (SSSR count). The Morgan fingerprint density at radius 3 is 2.73 bits per heavy atom. The Hall–Kier alpha value is -0.610. The third kappa shape index (κ3) is 1.52. The van der Waals surface area contributed by atoms with Crippen LogP contribution in [0.2, 0.25) is 0 Å². The summed E-state index contributed by atoms with van der Waals surface area (Å²) in [4.78, 5) is 0. The van der Waals surface area contributed by atoms with Gasteiger partial charge in [0, 0.05) is 6.20 Å². The molecule has 2 nitrogen and oxygen atoms in total. The van der Waals surface area contributed by atoms with Gasteiger partial charge in [0.05, 0.1) is 4.60 Å². The van der Waals surface area contributed by atoms with Crippen LogP contribution in [0.1, 0.15) is 0 Å². The number of rotatable bonds is 1. The van der Waals surface area contributed by atoms with Gasteiger partial charge in [-0.15, -0.1) is 0 Å². The summed E-state index contributed by atoms with van der Waals surface area (Å²) in [5, 5.41) is 9.16. The SMILES string of the molecule is C=Cn1c(Br)ccc(O)c1=S. The number of pyridine rings is 1. The molecule has 0 amide bonds. The van der Waals surface area contributed by atoms with Gasteiger partial charge < -0.3 is 5.11 Å². The Balaban J connectivity index is 3.54. The highest BCUT2D eigenvalue weighted by Gasteiger charge is 1.97.